The number of nitrogens with zero attached hydrogens (tertiary/aromatic N) is 4. The maximum absolute atomic E-state index is 12.2. The van der Waals surface area contributed by atoms with Crippen LogP contribution < -0.4 is 5.73 Å². The van der Waals surface area contributed by atoms with Crippen LogP contribution in [-0.4, -0.2) is 81.4 Å². The van der Waals surface area contributed by atoms with Crippen molar-refractivity contribution in [1.29, 1.82) is 0 Å². The Hall–Kier alpha value is -4.26. The fourth-order valence-corrected chi connectivity index (χ4v) is 7.68. The predicted molar refractivity (Wildman–Crippen MR) is 191 cm³/mol. The van der Waals surface area contributed by atoms with Crippen molar-refractivity contribution in [3.63, 3.8) is 0 Å². The molecule has 6 rings (SSSR count). The summed E-state index contributed by atoms with van der Waals surface area (Å²) in [6.45, 7) is 0. The van der Waals surface area contributed by atoms with E-state index in [1.54, 1.807) is 0 Å². The monoisotopic (exact) mass is 795 g/mol. The Kier molecular flexibility index (Phi) is 10.4. The molecule has 0 aliphatic heterocycles. The Balaban J connectivity index is 0.00000523. The molecule has 0 aliphatic rings. The summed E-state index contributed by atoms with van der Waals surface area (Å²) >= 11 is 0. The van der Waals surface area contributed by atoms with Crippen molar-refractivity contribution in [3.05, 3.63) is 91.0 Å². The molecule has 0 saturated carbocycles. The van der Waals surface area contributed by atoms with Gasteiger partial charge in [0.25, 0.3) is 40.5 Å². The minimum atomic E-state index is -4.96. The summed E-state index contributed by atoms with van der Waals surface area (Å²) in [6.07, 6.45) is 0. The zero-order valence-electron chi connectivity index (χ0n) is 25.2. The van der Waals surface area contributed by atoms with E-state index in [4.69, 9.17) is 5.73 Å². The van der Waals surface area contributed by atoms with E-state index in [2.05, 4.69) is 20.5 Å². The van der Waals surface area contributed by atoms with Crippen molar-refractivity contribution >= 4 is 131 Å². The number of nitrogens with two attached hydrogens (primary N) is 1. The second-order valence-electron chi connectivity index (χ2n) is 10.8. The van der Waals surface area contributed by atoms with Gasteiger partial charge < -0.3 is 5.73 Å². The van der Waals surface area contributed by atoms with Crippen molar-refractivity contribution in [2.45, 2.75) is 19.6 Å². The van der Waals surface area contributed by atoms with Crippen LogP contribution in [0.25, 0.3) is 32.3 Å². The first kappa shape index (κ1) is 39.0. The molecule has 0 saturated heterocycles. The van der Waals surface area contributed by atoms with Crippen LogP contribution in [0.15, 0.2) is 131 Å². The summed E-state index contributed by atoms with van der Waals surface area (Å²) in [5, 5.41) is 16.9. The van der Waals surface area contributed by atoms with Gasteiger partial charge in [-0.15, -0.1) is 15.3 Å². The molecule has 22 heteroatoms. The predicted octanol–water partition coefficient (Wildman–Crippen LogP) is 5.90. The number of nitrogen functional groups attached to an aromatic ring is 1. The van der Waals surface area contributed by atoms with E-state index in [1.165, 1.54) is 42.5 Å². The topological polar surface area (TPSA) is 293 Å². The van der Waals surface area contributed by atoms with Gasteiger partial charge in [-0.3, -0.25) is 18.2 Å². The van der Waals surface area contributed by atoms with Crippen molar-refractivity contribution in [2.24, 2.45) is 20.5 Å². The molecule has 0 atom stereocenters. The molecule has 0 heterocycles. The van der Waals surface area contributed by atoms with Crippen LogP contribution in [-0.2, 0) is 40.5 Å². The Morgan fingerprint density at radius 1 is 0.423 bits per heavy atom. The van der Waals surface area contributed by atoms with Gasteiger partial charge in [0.05, 0.1) is 32.5 Å². The molecule has 0 aliphatic carbocycles. The van der Waals surface area contributed by atoms with Crippen LogP contribution in [0.5, 0.6) is 0 Å². The average molecular weight is 796 g/mol. The first-order valence-corrected chi connectivity index (χ1v) is 19.7. The van der Waals surface area contributed by atoms with Gasteiger partial charge in [-0.05, 0) is 66.7 Å². The zero-order chi connectivity index (χ0) is 37.1. The fraction of sp³-hybridized carbons (Fsp3) is 0. The van der Waals surface area contributed by atoms with Gasteiger partial charge in [0.2, 0.25) is 0 Å². The van der Waals surface area contributed by atoms with E-state index in [0.29, 0.717) is 5.39 Å². The van der Waals surface area contributed by atoms with E-state index in [9.17, 15) is 51.9 Å². The standard InChI is InChI=1S/C30H21N5O12S4.Na.H/c31-25-8-9-27(22-14-17(48(36,37)38)4-6-19(22)25)35-34-26-10-11-28(23-15-18(49(39,40)41)5-7-20(23)26)33-32-16-12-24-21(30(13-16)51(45,46)47)2-1-3-29(24)50(42,43)44;;/h1-15H,31H2,(H,36,37,38)(H,39,40,41)(H,42,43,44)(H,45,46,47);;/b33-32+,35-34+;;. The maximum atomic E-state index is 12.2. The molecule has 0 aromatic heterocycles. The van der Waals surface area contributed by atoms with Gasteiger partial charge in [0.15, 0.2) is 0 Å². The van der Waals surface area contributed by atoms with Crippen LogP contribution in [0, 0.1) is 0 Å². The van der Waals surface area contributed by atoms with E-state index in [-0.39, 0.29) is 84.9 Å². The van der Waals surface area contributed by atoms with Crippen molar-refractivity contribution in [3.8, 4) is 0 Å². The Morgan fingerprint density at radius 3 is 1.44 bits per heavy atom. The van der Waals surface area contributed by atoms with E-state index in [0.717, 1.165) is 48.5 Å². The molecule has 6 aromatic rings. The SMILES string of the molecule is Nc1ccc(/N=N/c2ccc(/N=N/c3cc(S(=O)(=O)O)c4cccc(S(=O)(=O)O)c4c3)c3cc(S(=O)(=O)O)ccc23)c2cc(S(=O)(=O)O)ccc12.[NaH]. The summed E-state index contributed by atoms with van der Waals surface area (Å²) in [7, 11) is -19.1. The second-order valence-corrected chi connectivity index (χ2v) is 16.4. The first-order valence-electron chi connectivity index (χ1n) is 13.9. The van der Waals surface area contributed by atoms with Crippen LogP contribution in [0.4, 0.5) is 28.4 Å². The molecule has 0 spiro atoms. The van der Waals surface area contributed by atoms with Gasteiger partial charge in [-0.25, -0.2) is 0 Å². The Labute approximate surface area is 317 Å². The van der Waals surface area contributed by atoms with Crippen LogP contribution in [0.3, 0.4) is 0 Å². The molecule has 0 amide bonds. The normalized spacial score (nSPS) is 13.0. The third-order valence-corrected chi connectivity index (χ3v) is 11.0. The summed E-state index contributed by atoms with van der Waals surface area (Å²) in [6, 6.07) is 18.2. The first-order chi connectivity index (χ1) is 23.7. The number of rotatable bonds is 8. The third kappa shape index (κ3) is 7.89. The summed E-state index contributed by atoms with van der Waals surface area (Å²) in [4.78, 5) is -2.38. The van der Waals surface area contributed by atoms with Crippen molar-refractivity contribution in [2.75, 3.05) is 5.73 Å². The van der Waals surface area contributed by atoms with Crippen LogP contribution >= 0.6 is 0 Å². The average Bonchev–Trinajstić information content (AvgIpc) is 3.04. The second kappa shape index (κ2) is 13.9. The van der Waals surface area contributed by atoms with E-state index >= 15 is 0 Å². The van der Waals surface area contributed by atoms with Gasteiger partial charge in [0.1, 0.15) is 9.79 Å². The number of benzene rings is 6. The molecule has 6 aromatic carbocycles. The molecule has 6 N–H and O–H groups in total. The van der Waals surface area contributed by atoms with Gasteiger partial charge in [-0.1, -0.05) is 24.3 Å². The van der Waals surface area contributed by atoms with Gasteiger partial charge >= 0.3 is 29.6 Å². The molecule has 52 heavy (non-hydrogen) atoms. The van der Waals surface area contributed by atoms with Crippen LogP contribution in [0.2, 0.25) is 0 Å². The molecule has 0 radical (unpaired) electrons. The minimum absolute atomic E-state index is 0. The quantitative estimate of drug-likeness (QED) is 0.0520. The molecule has 264 valence electrons. The number of azo groups is 2. The third-order valence-electron chi connectivity index (χ3n) is 7.53. The van der Waals surface area contributed by atoms with Gasteiger partial charge in [0, 0.05) is 38.0 Å². The Morgan fingerprint density at radius 2 is 0.904 bits per heavy atom. The zero-order valence-corrected chi connectivity index (χ0v) is 28.5. The molecule has 0 bridgehead atoms. The van der Waals surface area contributed by atoms with E-state index in [1.807, 2.05) is 0 Å². The molecule has 0 unspecified atom stereocenters. The van der Waals surface area contributed by atoms with Gasteiger partial charge in [-0.2, -0.15) is 38.8 Å². The summed E-state index contributed by atoms with van der Waals surface area (Å²) in [5.74, 6) is 0. The summed E-state index contributed by atoms with van der Waals surface area (Å²) < 4.78 is 135. The fourth-order valence-electron chi connectivity index (χ4n) is 5.24. The Bertz CT molecular complexity index is 2990. The van der Waals surface area contributed by atoms with E-state index < -0.39 is 60.1 Å². The summed E-state index contributed by atoms with van der Waals surface area (Å²) in [5.41, 5.74) is 6.23. The van der Waals surface area contributed by atoms with Crippen molar-refractivity contribution in [1.82, 2.24) is 0 Å². The van der Waals surface area contributed by atoms with Crippen molar-refractivity contribution < 1.29 is 51.9 Å². The molecule has 0 fully saturated rings. The number of fused-ring (bicyclic) bond motifs is 3. The number of hydrogen-bond donors (Lipinski definition) is 5. The molecular formula is C30H22N5NaO12S4. The van der Waals surface area contributed by atoms with Crippen LogP contribution in [0.1, 0.15) is 0 Å². The number of hydrogen-bond acceptors (Lipinski definition) is 13. The molecular weight excluding hydrogens is 774 g/mol. The number of anilines is 1. The molecule has 17 nitrogen and oxygen atoms in total.